The molecule has 0 saturated heterocycles. The standard InChI is InChI=1S/C22H29N5O6/c1-11(17-12(2)24-20-18(25-17)21(32)27(4)22(33)26(20)3)23-14-7-5-13(6-8-14)9-15(29)19(31)16(30)10-28/h5-8,11,15-16,19,23,28-31H,9-10H2,1-4H3/t11?,15-,16+,19-/m1/s1. The molecule has 11 nitrogen and oxygen atoms in total. The van der Waals surface area contributed by atoms with Gasteiger partial charge in [-0.15, -0.1) is 0 Å². The number of benzene rings is 1. The van der Waals surface area contributed by atoms with E-state index in [-0.39, 0.29) is 23.6 Å². The van der Waals surface area contributed by atoms with Crippen LogP contribution in [0.5, 0.6) is 0 Å². The lowest BCUT2D eigenvalue weighted by atomic mass is 10.0. The average molecular weight is 460 g/mol. The Bertz CT molecular complexity index is 1250. The Kier molecular flexibility index (Phi) is 7.28. The number of aromatic nitrogens is 4. The number of anilines is 1. The summed E-state index contributed by atoms with van der Waals surface area (Å²) in [7, 11) is 2.94. The van der Waals surface area contributed by atoms with Crippen LogP contribution in [-0.4, -0.2) is 64.4 Å². The molecule has 11 heteroatoms. The van der Waals surface area contributed by atoms with Gasteiger partial charge in [0.25, 0.3) is 5.56 Å². The normalized spacial score (nSPS) is 15.3. The molecule has 1 aromatic carbocycles. The van der Waals surface area contributed by atoms with Gasteiger partial charge < -0.3 is 25.7 Å². The van der Waals surface area contributed by atoms with Crippen molar-refractivity contribution < 1.29 is 20.4 Å². The lowest BCUT2D eigenvalue weighted by Crippen LogP contribution is -2.40. The molecule has 0 bridgehead atoms. The molecule has 178 valence electrons. The van der Waals surface area contributed by atoms with Gasteiger partial charge in [-0.25, -0.2) is 14.8 Å². The van der Waals surface area contributed by atoms with Gasteiger partial charge >= 0.3 is 5.69 Å². The Morgan fingerprint density at radius 2 is 1.64 bits per heavy atom. The first-order valence-corrected chi connectivity index (χ1v) is 10.5. The second-order valence-corrected chi connectivity index (χ2v) is 8.15. The van der Waals surface area contributed by atoms with E-state index in [0.717, 1.165) is 15.8 Å². The van der Waals surface area contributed by atoms with E-state index in [1.54, 1.807) is 38.2 Å². The number of nitrogens with zero attached hydrogens (tertiary/aromatic N) is 4. The number of aryl methyl sites for hydroxylation is 2. The number of rotatable bonds is 8. The van der Waals surface area contributed by atoms with Crippen molar-refractivity contribution in [3.05, 3.63) is 62.1 Å². The Hall–Kier alpha value is -3.12. The molecule has 0 aliphatic heterocycles. The van der Waals surface area contributed by atoms with Crippen molar-refractivity contribution in [3.63, 3.8) is 0 Å². The number of aliphatic hydroxyl groups excluding tert-OH is 4. The van der Waals surface area contributed by atoms with E-state index in [2.05, 4.69) is 15.3 Å². The molecule has 2 aromatic heterocycles. The Morgan fingerprint density at radius 1 is 1.00 bits per heavy atom. The first kappa shape index (κ1) is 24.5. The van der Waals surface area contributed by atoms with E-state index in [1.807, 2.05) is 6.92 Å². The molecule has 3 aromatic rings. The smallest absolute Gasteiger partial charge is 0.332 e. The Morgan fingerprint density at radius 3 is 2.24 bits per heavy atom. The van der Waals surface area contributed by atoms with Gasteiger partial charge in [-0.2, -0.15) is 0 Å². The fourth-order valence-electron chi connectivity index (χ4n) is 3.65. The lowest BCUT2D eigenvalue weighted by molar-refractivity contribution is -0.0755. The molecule has 2 heterocycles. The summed E-state index contributed by atoms with van der Waals surface area (Å²) in [6, 6.07) is 6.81. The second kappa shape index (κ2) is 9.79. The SMILES string of the molecule is Cc1nc2c(nc1C(C)Nc1ccc(C[C@@H](O)[C@@H](O)[C@@H](O)CO)cc1)c(=O)n(C)c(=O)n2C. The summed E-state index contributed by atoms with van der Waals surface area (Å²) < 4.78 is 2.29. The van der Waals surface area contributed by atoms with E-state index in [1.165, 1.54) is 11.6 Å². The van der Waals surface area contributed by atoms with Crippen molar-refractivity contribution in [1.29, 1.82) is 0 Å². The number of fused-ring (bicyclic) bond motifs is 1. The van der Waals surface area contributed by atoms with Gasteiger partial charge in [0.15, 0.2) is 11.2 Å². The molecule has 3 rings (SSSR count). The van der Waals surface area contributed by atoms with Gasteiger partial charge in [0.05, 0.1) is 30.1 Å². The van der Waals surface area contributed by atoms with Gasteiger partial charge in [0.2, 0.25) is 0 Å². The van der Waals surface area contributed by atoms with Gasteiger partial charge in [0.1, 0.15) is 12.2 Å². The van der Waals surface area contributed by atoms with Gasteiger partial charge in [-0.05, 0) is 31.5 Å². The summed E-state index contributed by atoms with van der Waals surface area (Å²) in [4.78, 5) is 33.6. The monoisotopic (exact) mass is 459 g/mol. The van der Waals surface area contributed by atoms with Crippen LogP contribution in [0.1, 0.15) is 29.9 Å². The largest absolute Gasteiger partial charge is 0.394 e. The van der Waals surface area contributed by atoms with Crippen LogP contribution in [-0.2, 0) is 20.5 Å². The maximum atomic E-state index is 12.5. The molecule has 0 spiro atoms. The van der Waals surface area contributed by atoms with E-state index in [9.17, 15) is 24.9 Å². The van der Waals surface area contributed by atoms with Crippen molar-refractivity contribution in [3.8, 4) is 0 Å². The quantitative estimate of drug-likeness (QED) is 0.288. The molecule has 0 aliphatic rings. The predicted molar refractivity (Wildman–Crippen MR) is 122 cm³/mol. The van der Waals surface area contributed by atoms with Crippen LogP contribution >= 0.6 is 0 Å². The third-order valence-corrected chi connectivity index (χ3v) is 5.65. The minimum Gasteiger partial charge on any atom is -0.394 e. The first-order chi connectivity index (χ1) is 15.5. The summed E-state index contributed by atoms with van der Waals surface area (Å²) in [6.07, 6.45) is -3.98. The van der Waals surface area contributed by atoms with Gasteiger partial charge in [0, 0.05) is 26.2 Å². The molecule has 4 atom stereocenters. The highest BCUT2D eigenvalue weighted by atomic mass is 16.4. The zero-order chi connectivity index (χ0) is 24.4. The summed E-state index contributed by atoms with van der Waals surface area (Å²) in [5.41, 5.74) is 2.01. The number of nitrogens with one attached hydrogen (secondary N) is 1. The topological polar surface area (TPSA) is 163 Å². The minimum atomic E-state index is -1.45. The predicted octanol–water partition coefficient (Wildman–Crippen LogP) is -0.874. The zero-order valence-corrected chi connectivity index (χ0v) is 18.9. The molecule has 0 radical (unpaired) electrons. The minimum absolute atomic E-state index is 0.103. The molecular formula is C22H29N5O6. The van der Waals surface area contributed by atoms with Crippen molar-refractivity contribution >= 4 is 16.9 Å². The number of aliphatic hydroxyl groups is 4. The molecule has 0 saturated carbocycles. The van der Waals surface area contributed by atoms with Crippen LogP contribution in [0.3, 0.4) is 0 Å². The molecular weight excluding hydrogens is 430 g/mol. The van der Waals surface area contributed by atoms with Crippen LogP contribution in [0, 0.1) is 6.92 Å². The number of hydrogen-bond acceptors (Lipinski definition) is 9. The molecule has 5 N–H and O–H groups in total. The fraction of sp³-hybridized carbons (Fsp3) is 0.455. The molecule has 1 unspecified atom stereocenters. The van der Waals surface area contributed by atoms with Crippen LogP contribution in [0.2, 0.25) is 0 Å². The number of hydrogen-bond donors (Lipinski definition) is 5. The molecule has 0 fully saturated rings. The highest BCUT2D eigenvalue weighted by Gasteiger charge is 2.24. The molecule has 0 aliphatic carbocycles. The molecule has 33 heavy (non-hydrogen) atoms. The van der Waals surface area contributed by atoms with Crippen LogP contribution in [0.4, 0.5) is 5.69 Å². The highest BCUT2D eigenvalue weighted by molar-refractivity contribution is 5.69. The maximum absolute atomic E-state index is 12.5. The second-order valence-electron chi connectivity index (χ2n) is 8.15. The summed E-state index contributed by atoms with van der Waals surface area (Å²) in [5.74, 6) is 0. The van der Waals surface area contributed by atoms with Crippen molar-refractivity contribution in [1.82, 2.24) is 19.1 Å². The lowest BCUT2D eigenvalue weighted by Gasteiger charge is -2.22. The fourth-order valence-corrected chi connectivity index (χ4v) is 3.65. The van der Waals surface area contributed by atoms with Crippen molar-refractivity contribution in [2.24, 2.45) is 14.1 Å². The summed E-state index contributed by atoms with van der Waals surface area (Å²) in [6.45, 7) is 3.00. The van der Waals surface area contributed by atoms with E-state index >= 15 is 0 Å². The Labute approximate surface area is 189 Å². The van der Waals surface area contributed by atoms with E-state index in [0.29, 0.717) is 11.4 Å². The molecule has 0 amide bonds. The van der Waals surface area contributed by atoms with Crippen LogP contribution in [0.25, 0.3) is 11.2 Å². The van der Waals surface area contributed by atoms with Crippen LogP contribution in [0.15, 0.2) is 33.9 Å². The van der Waals surface area contributed by atoms with Gasteiger partial charge in [-0.1, -0.05) is 12.1 Å². The highest BCUT2D eigenvalue weighted by Crippen LogP contribution is 2.22. The first-order valence-electron chi connectivity index (χ1n) is 10.5. The average Bonchev–Trinajstić information content (AvgIpc) is 2.81. The van der Waals surface area contributed by atoms with Crippen molar-refractivity contribution in [2.75, 3.05) is 11.9 Å². The van der Waals surface area contributed by atoms with Crippen molar-refractivity contribution in [2.45, 2.75) is 44.6 Å². The van der Waals surface area contributed by atoms with Crippen LogP contribution < -0.4 is 16.6 Å². The third kappa shape index (κ3) is 4.96. The zero-order valence-electron chi connectivity index (χ0n) is 18.9. The maximum Gasteiger partial charge on any atom is 0.332 e. The van der Waals surface area contributed by atoms with E-state index in [4.69, 9.17) is 5.11 Å². The Balaban J connectivity index is 1.80. The van der Waals surface area contributed by atoms with Gasteiger partial charge in [-0.3, -0.25) is 13.9 Å². The summed E-state index contributed by atoms with van der Waals surface area (Å²) >= 11 is 0. The third-order valence-electron chi connectivity index (χ3n) is 5.65. The van der Waals surface area contributed by atoms with E-state index < -0.39 is 36.2 Å². The summed E-state index contributed by atoms with van der Waals surface area (Å²) in [5, 5.41) is 41.5.